The van der Waals surface area contributed by atoms with E-state index in [-0.39, 0.29) is 40.9 Å². The molecule has 1 aromatic carbocycles. The smallest absolute Gasteiger partial charge is 0.228 e. The highest BCUT2D eigenvalue weighted by molar-refractivity contribution is 9.10. The number of allylic oxidation sites excluding steroid dienone is 2. The van der Waals surface area contributed by atoms with Crippen LogP contribution in [0, 0.1) is 36.0 Å². The molecule has 1 heterocycles. The fourth-order valence-corrected chi connectivity index (χ4v) is 6.96. The molecule has 1 aliphatic heterocycles. The summed E-state index contributed by atoms with van der Waals surface area (Å²) in [6, 6.07) is 5.88. The van der Waals surface area contributed by atoms with Crippen LogP contribution in [0.25, 0.3) is 0 Å². The molecule has 4 aliphatic rings. The van der Waals surface area contributed by atoms with Crippen molar-refractivity contribution in [3.05, 3.63) is 40.4 Å². The van der Waals surface area contributed by atoms with Gasteiger partial charge in [-0.25, -0.2) is 0 Å². The molecule has 5 nitrogen and oxygen atoms in total. The number of amides is 2. The normalized spacial score (nSPS) is 29.6. The van der Waals surface area contributed by atoms with E-state index >= 15 is 0 Å². The van der Waals surface area contributed by atoms with Crippen LogP contribution >= 0.6 is 15.9 Å². The first-order valence-electron chi connectivity index (χ1n) is 12.2. The van der Waals surface area contributed by atoms with E-state index in [0.717, 1.165) is 48.0 Å². The molecule has 2 bridgehead atoms. The highest BCUT2D eigenvalue weighted by Gasteiger charge is 2.69. The quantitative estimate of drug-likeness (QED) is 0.408. The summed E-state index contributed by atoms with van der Waals surface area (Å²) in [5.41, 5.74) is 2.01. The van der Waals surface area contributed by atoms with Gasteiger partial charge >= 0.3 is 0 Å². The largest absolute Gasteiger partial charge is 0.356 e. The topological polar surface area (TPSA) is 61.4 Å². The number of rotatable bonds is 8. The standard InChI is InChI=1S/C26H34BrN3O2/c1-17-16-18(27)6-9-21(17)29-25(32)23-20-8-7-19(26(20)10-11-26)22(23)24(31)28-12-2-3-13-30-14-4-5-15-30/h6-9,16,19-20,22-23H,2-5,10-15H2,1H3,(H,28,31)(H,29,32)/t19-,20-,22-,23-/m1/s1. The van der Waals surface area contributed by atoms with Gasteiger partial charge in [-0.15, -0.1) is 0 Å². The van der Waals surface area contributed by atoms with Crippen LogP contribution < -0.4 is 10.6 Å². The van der Waals surface area contributed by atoms with Crippen LogP contribution in [0.5, 0.6) is 0 Å². The predicted molar refractivity (Wildman–Crippen MR) is 130 cm³/mol. The van der Waals surface area contributed by atoms with Crippen molar-refractivity contribution in [2.24, 2.45) is 29.1 Å². The number of likely N-dealkylation sites (tertiary alicyclic amines) is 1. The maximum atomic E-state index is 13.5. The number of nitrogens with zero attached hydrogens (tertiary/aromatic N) is 1. The summed E-state index contributed by atoms with van der Waals surface area (Å²) >= 11 is 3.48. The number of aryl methyl sites for hydroxylation is 1. The van der Waals surface area contributed by atoms with Crippen LogP contribution in [0.1, 0.15) is 44.1 Å². The zero-order chi connectivity index (χ0) is 22.3. The Morgan fingerprint density at radius 1 is 1.06 bits per heavy atom. The summed E-state index contributed by atoms with van der Waals surface area (Å²) in [7, 11) is 0. The van der Waals surface area contributed by atoms with Crippen LogP contribution in [0.15, 0.2) is 34.8 Å². The fraction of sp³-hybridized carbons (Fsp3) is 0.615. The average molecular weight is 500 g/mol. The van der Waals surface area contributed by atoms with Gasteiger partial charge in [-0.1, -0.05) is 28.1 Å². The van der Waals surface area contributed by atoms with E-state index in [1.54, 1.807) is 0 Å². The van der Waals surface area contributed by atoms with Gasteiger partial charge < -0.3 is 15.5 Å². The third-order valence-electron chi connectivity index (χ3n) is 8.29. The second kappa shape index (κ2) is 8.94. The van der Waals surface area contributed by atoms with Gasteiger partial charge in [0.2, 0.25) is 11.8 Å². The molecular formula is C26H34BrN3O2. The first-order valence-corrected chi connectivity index (χ1v) is 13.0. The van der Waals surface area contributed by atoms with Crippen molar-refractivity contribution in [2.75, 3.05) is 31.5 Å². The molecule has 4 atom stereocenters. The molecule has 2 amide bonds. The number of hydrogen-bond acceptors (Lipinski definition) is 3. The molecule has 1 spiro atoms. The number of anilines is 1. The summed E-state index contributed by atoms with van der Waals surface area (Å²) in [5, 5.41) is 6.33. The minimum atomic E-state index is -0.278. The van der Waals surface area contributed by atoms with Gasteiger partial charge in [-0.3, -0.25) is 9.59 Å². The molecule has 2 saturated carbocycles. The maximum Gasteiger partial charge on any atom is 0.228 e. The lowest BCUT2D eigenvalue weighted by Crippen LogP contribution is -2.42. The molecule has 0 aromatic heterocycles. The Bertz CT molecular complexity index is 920. The minimum Gasteiger partial charge on any atom is -0.356 e. The fourth-order valence-electron chi connectivity index (χ4n) is 6.49. The minimum absolute atomic E-state index is 0.00673. The summed E-state index contributed by atoms with van der Waals surface area (Å²) in [6.45, 7) is 6.28. The van der Waals surface area contributed by atoms with Gasteiger partial charge in [0.1, 0.15) is 0 Å². The molecule has 172 valence electrons. The van der Waals surface area contributed by atoms with Crippen molar-refractivity contribution in [3.63, 3.8) is 0 Å². The summed E-state index contributed by atoms with van der Waals surface area (Å²) in [5.74, 6) is -0.0651. The van der Waals surface area contributed by atoms with E-state index in [0.29, 0.717) is 6.54 Å². The molecule has 3 fully saturated rings. The van der Waals surface area contributed by atoms with Crippen LogP contribution in [-0.2, 0) is 9.59 Å². The molecular weight excluding hydrogens is 466 g/mol. The van der Waals surface area contributed by atoms with Crippen LogP contribution in [-0.4, -0.2) is 42.9 Å². The molecule has 1 saturated heterocycles. The summed E-state index contributed by atoms with van der Waals surface area (Å²) in [6.07, 6.45) is 11.5. The van der Waals surface area contributed by atoms with E-state index in [2.05, 4.69) is 43.6 Å². The number of carbonyl (C=O) groups is 2. The zero-order valence-electron chi connectivity index (χ0n) is 18.9. The SMILES string of the molecule is Cc1cc(Br)ccc1NC(=O)[C@H]1[C@H](C(=O)NCCCCN2CCCC2)[C@H]2C=C[C@H]1C21CC1. The number of halogens is 1. The number of benzene rings is 1. The summed E-state index contributed by atoms with van der Waals surface area (Å²) in [4.78, 5) is 29.3. The Balaban J connectivity index is 1.22. The first-order chi connectivity index (χ1) is 15.5. The molecule has 1 aromatic rings. The lowest BCUT2D eigenvalue weighted by atomic mass is 9.81. The van der Waals surface area contributed by atoms with Crippen LogP contribution in [0.3, 0.4) is 0 Å². The van der Waals surface area contributed by atoms with Crippen molar-refractivity contribution in [2.45, 2.75) is 45.4 Å². The van der Waals surface area contributed by atoms with Crippen molar-refractivity contribution >= 4 is 33.4 Å². The van der Waals surface area contributed by atoms with Gasteiger partial charge in [0, 0.05) is 16.7 Å². The van der Waals surface area contributed by atoms with Gasteiger partial charge in [-0.05, 0) is 106 Å². The van der Waals surface area contributed by atoms with Crippen molar-refractivity contribution < 1.29 is 9.59 Å². The van der Waals surface area contributed by atoms with Crippen molar-refractivity contribution in [1.82, 2.24) is 10.2 Å². The number of nitrogens with one attached hydrogen (secondary N) is 2. The Hall–Kier alpha value is -1.66. The van der Waals surface area contributed by atoms with Crippen molar-refractivity contribution in [3.8, 4) is 0 Å². The Morgan fingerprint density at radius 3 is 2.41 bits per heavy atom. The van der Waals surface area contributed by atoms with Crippen LogP contribution in [0.4, 0.5) is 5.69 Å². The number of carbonyl (C=O) groups excluding carboxylic acids is 2. The van der Waals surface area contributed by atoms with E-state index in [1.807, 2.05) is 25.1 Å². The third-order valence-corrected chi connectivity index (χ3v) is 8.79. The molecule has 3 aliphatic carbocycles. The summed E-state index contributed by atoms with van der Waals surface area (Å²) < 4.78 is 0.995. The zero-order valence-corrected chi connectivity index (χ0v) is 20.5. The van der Waals surface area contributed by atoms with E-state index < -0.39 is 0 Å². The molecule has 6 heteroatoms. The van der Waals surface area contributed by atoms with E-state index in [4.69, 9.17) is 0 Å². The highest BCUT2D eigenvalue weighted by atomic mass is 79.9. The van der Waals surface area contributed by atoms with E-state index in [1.165, 1.54) is 25.9 Å². The Kier molecular flexibility index (Phi) is 6.19. The van der Waals surface area contributed by atoms with Gasteiger partial charge in [-0.2, -0.15) is 0 Å². The second-order valence-corrected chi connectivity index (χ2v) is 11.1. The van der Waals surface area contributed by atoms with Crippen molar-refractivity contribution in [1.29, 1.82) is 0 Å². The molecule has 0 radical (unpaired) electrons. The van der Waals surface area contributed by atoms with Gasteiger partial charge in [0.15, 0.2) is 0 Å². The van der Waals surface area contributed by atoms with Gasteiger partial charge in [0.25, 0.3) is 0 Å². The Morgan fingerprint density at radius 2 is 1.75 bits per heavy atom. The number of hydrogen-bond donors (Lipinski definition) is 2. The van der Waals surface area contributed by atoms with Crippen LogP contribution in [0.2, 0.25) is 0 Å². The van der Waals surface area contributed by atoms with Gasteiger partial charge in [0.05, 0.1) is 11.8 Å². The lowest BCUT2D eigenvalue weighted by Gasteiger charge is -2.26. The predicted octanol–water partition coefficient (Wildman–Crippen LogP) is 4.52. The second-order valence-electron chi connectivity index (χ2n) is 10.2. The molecule has 5 rings (SSSR count). The average Bonchev–Trinajstić information content (AvgIpc) is 3.13. The lowest BCUT2D eigenvalue weighted by molar-refractivity contribution is -0.132. The molecule has 0 unspecified atom stereocenters. The third kappa shape index (κ3) is 4.05. The number of unbranched alkanes of at least 4 members (excludes halogenated alkanes) is 1. The first kappa shape index (κ1) is 22.1. The maximum absolute atomic E-state index is 13.5. The highest BCUT2D eigenvalue weighted by Crippen LogP contribution is 2.72. The Labute approximate surface area is 199 Å². The monoisotopic (exact) mass is 499 g/mol. The molecule has 2 N–H and O–H groups in total. The van der Waals surface area contributed by atoms with E-state index in [9.17, 15) is 9.59 Å². The molecule has 32 heavy (non-hydrogen) atoms.